The summed E-state index contributed by atoms with van der Waals surface area (Å²) >= 11 is 0. The van der Waals surface area contributed by atoms with Gasteiger partial charge in [-0.25, -0.2) is 0 Å². The summed E-state index contributed by atoms with van der Waals surface area (Å²) in [5, 5.41) is 3.61. The van der Waals surface area contributed by atoms with Crippen molar-refractivity contribution in [3.63, 3.8) is 0 Å². The first-order chi connectivity index (χ1) is 7.68. The van der Waals surface area contributed by atoms with Gasteiger partial charge in [-0.15, -0.1) is 0 Å². The van der Waals surface area contributed by atoms with E-state index in [-0.39, 0.29) is 11.2 Å². The van der Waals surface area contributed by atoms with Gasteiger partial charge in [-0.2, -0.15) is 0 Å². The highest BCUT2D eigenvalue weighted by molar-refractivity contribution is 4.94. The molecule has 1 saturated carbocycles. The minimum atomic E-state index is 0.0669. The minimum Gasteiger partial charge on any atom is -0.366 e. The van der Waals surface area contributed by atoms with Crippen LogP contribution in [0.2, 0.25) is 0 Å². The number of hydrogen-bond donors (Lipinski definition) is 1. The van der Waals surface area contributed by atoms with E-state index in [0.717, 1.165) is 19.5 Å². The monoisotopic (exact) mass is 225 g/mol. The average Bonchev–Trinajstić information content (AvgIpc) is 2.25. The molecule has 2 nitrogen and oxygen atoms in total. The van der Waals surface area contributed by atoms with Crippen molar-refractivity contribution < 1.29 is 4.74 Å². The quantitative estimate of drug-likeness (QED) is 0.739. The Morgan fingerprint density at radius 2 is 1.62 bits per heavy atom. The Morgan fingerprint density at radius 3 is 2.25 bits per heavy atom. The summed E-state index contributed by atoms with van der Waals surface area (Å²) < 4.78 is 6.52. The van der Waals surface area contributed by atoms with Crippen LogP contribution in [0.1, 0.15) is 65.2 Å². The van der Waals surface area contributed by atoms with Crippen molar-refractivity contribution >= 4 is 0 Å². The second kappa shape index (κ2) is 5.05. The minimum absolute atomic E-state index is 0.0669. The lowest BCUT2D eigenvalue weighted by Crippen LogP contribution is -2.59. The predicted molar refractivity (Wildman–Crippen MR) is 67.7 cm³/mol. The smallest absolute Gasteiger partial charge is 0.0814 e. The van der Waals surface area contributed by atoms with Gasteiger partial charge in [0.2, 0.25) is 0 Å². The molecule has 1 atom stereocenters. The fourth-order valence-electron chi connectivity index (χ4n) is 3.18. The molecule has 94 valence electrons. The average molecular weight is 225 g/mol. The lowest BCUT2D eigenvalue weighted by atomic mass is 9.84. The third-order valence-corrected chi connectivity index (χ3v) is 4.42. The van der Waals surface area contributed by atoms with Crippen LogP contribution in [0.4, 0.5) is 0 Å². The van der Waals surface area contributed by atoms with Gasteiger partial charge in [-0.3, -0.25) is 0 Å². The second-order valence-electron chi connectivity index (χ2n) is 5.96. The van der Waals surface area contributed by atoms with Crippen LogP contribution in [-0.4, -0.2) is 24.3 Å². The number of morpholine rings is 1. The Kier molecular flexibility index (Phi) is 3.91. The molecule has 2 rings (SSSR count). The lowest BCUT2D eigenvalue weighted by molar-refractivity contribution is -0.180. The molecule has 2 aliphatic rings. The third-order valence-electron chi connectivity index (χ3n) is 4.42. The maximum absolute atomic E-state index is 6.52. The van der Waals surface area contributed by atoms with E-state index in [1.54, 1.807) is 0 Å². The highest BCUT2D eigenvalue weighted by Gasteiger charge is 2.41. The van der Waals surface area contributed by atoms with E-state index < -0.39 is 0 Å². The highest BCUT2D eigenvalue weighted by atomic mass is 16.5. The third kappa shape index (κ3) is 2.78. The fourth-order valence-corrected chi connectivity index (χ4v) is 3.18. The molecule has 0 radical (unpaired) electrons. The van der Waals surface area contributed by atoms with E-state index in [2.05, 4.69) is 19.2 Å². The number of ether oxygens (including phenoxy) is 1. The molecule has 0 aromatic carbocycles. The lowest BCUT2D eigenvalue weighted by Gasteiger charge is -2.48. The summed E-state index contributed by atoms with van der Waals surface area (Å²) in [5.74, 6) is 0. The Labute approximate surface area is 100 Å². The van der Waals surface area contributed by atoms with Crippen LogP contribution in [0.5, 0.6) is 0 Å². The molecule has 16 heavy (non-hydrogen) atoms. The molecule has 1 unspecified atom stereocenters. The molecular weight excluding hydrogens is 198 g/mol. The zero-order chi connectivity index (χ0) is 11.5. The molecule has 1 heterocycles. The first kappa shape index (κ1) is 12.4. The second-order valence-corrected chi connectivity index (χ2v) is 5.96. The summed E-state index contributed by atoms with van der Waals surface area (Å²) in [4.78, 5) is 0. The Bertz CT molecular complexity index is 221. The highest BCUT2D eigenvalue weighted by Crippen LogP contribution is 2.36. The van der Waals surface area contributed by atoms with E-state index in [1.165, 1.54) is 44.9 Å². The molecule has 0 aromatic rings. The molecule has 2 heteroatoms. The largest absolute Gasteiger partial charge is 0.366 e. The van der Waals surface area contributed by atoms with E-state index in [1.807, 2.05) is 0 Å². The molecule has 1 spiro atoms. The van der Waals surface area contributed by atoms with Crippen molar-refractivity contribution in [3.8, 4) is 0 Å². The van der Waals surface area contributed by atoms with E-state index in [4.69, 9.17) is 4.74 Å². The van der Waals surface area contributed by atoms with Gasteiger partial charge < -0.3 is 10.1 Å². The first-order valence-corrected chi connectivity index (χ1v) is 7.09. The summed E-state index contributed by atoms with van der Waals surface area (Å²) in [7, 11) is 0. The van der Waals surface area contributed by atoms with Crippen LogP contribution in [0.3, 0.4) is 0 Å². The van der Waals surface area contributed by atoms with Crippen LogP contribution in [0.25, 0.3) is 0 Å². The molecule has 0 bridgehead atoms. The van der Waals surface area contributed by atoms with Crippen molar-refractivity contribution in [2.75, 3.05) is 13.1 Å². The van der Waals surface area contributed by atoms with E-state index in [0.29, 0.717) is 0 Å². The van der Waals surface area contributed by atoms with Gasteiger partial charge in [0.05, 0.1) is 11.2 Å². The van der Waals surface area contributed by atoms with Gasteiger partial charge in [-0.1, -0.05) is 39.0 Å². The van der Waals surface area contributed by atoms with Crippen LogP contribution in [-0.2, 0) is 4.74 Å². The Morgan fingerprint density at radius 1 is 1.00 bits per heavy atom. The van der Waals surface area contributed by atoms with Crippen LogP contribution in [0.15, 0.2) is 0 Å². The maximum atomic E-state index is 6.52. The fraction of sp³-hybridized carbons (Fsp3) is 1.00. The van der Waals surface area contributed by atoms with E-state index in [9.17, 15) is 0 Å². The van der Waals surface area contributed by atoms with Gasteiger partial charge in [0.1, 0.15) is 0 Å². The van der Waals surface area contributed by atoms with Crippen molar-refractivity contribution in [2.45, 2.75) is 76.4 Å². The molecule has 1 aliphatic carbocycles. The van der Waals surface area contributed by atoms with E-state index >= 15 is 0 Å². The maximum Gasteiger partial charge on any atom is 0.0814 e. The van der Waals surface area contributed by atoms with Crippen molar-refractivity contribution in [2.24, 2.45) is 0 Å². The van der Waals surface area contributed by atoms with Crippen LogP contribution < -0.4 is 5.32 Å². The molecule has 0 amide bonds. The van der Waals surface area contributed by atoms with Crippen LogP contribution in [0, 0.1) is 0 Å². The van der Waals surface area contributed by atoms with Gasteiger partial charge in [0.25, 0.3) is 0 Å². The number of rotatable bonds is 1. The zero-order valence-corrected chi connectivity index (χ0v) is 11.0. The Balaban J connectivity index is 2.03. The summed E-state index contributed by atoms with van der Waals surface area (Å²) in [6.45, 7) is 6.59. The molecule has 1 aliphatic heterocycles. The van der Waals surface area contributed by atoms with Gasteiger partial charge in [0.15, 0.2) is 0 Å². The van der Waals surface area contributed by atoms with Crippen molar-refractivity contribution in [1.82, 2.24) is 5.32 Å². The molecule has 2 fully saturated rings. The molecule has 0 aromatic heterocycles. The number of nitrogens with one attached hydrogen (secondary N) is 1. The summed E-state index contributed by atoms with van der Waals surface area (Å²) in [5.41, 5.74) is 0.223. The SMILES string of the molecule is CCC1(C)CNCC2(CCCCCCC2)O1. The summed E-state index contributed by atoms with van der Waals surface area (Å²) in [6, 6.07) is 0. The van der Waals surface area contributed by atoms with Gasteiger partial charge in [-0.05, 0) is 26.2 Å². The first-order valence-electron chi connectivity index (χ1n) is 7.09. The zero-order valence-electron chi connectivity index (χ0n) is 11.0. The predicted octanol–water partition coefficient (Wildman–Crippen LogP) is 3.26. The standard InChI is InChI=1S/C14H27NO/c1-3-13(2)11-15-12-14(16-13)9-7-5-4-6-8-10-14/h15H,3-12H2,1-2H3. The molecular formula is C14H27NO. The summed E-state index contributed by atoms with van der Waals surface area (Å²) in [6.07, 6.45) is 10.5. The van der Waals surface area contributed by atoms with Crippen LogP contribution >= 0.6 is 0 Å². The Hall–Kier alpha value is -0.0800. The van der Waals surface area contributed by atoms with Gasteiger partial charge >= 0.3 is 0 Å². The number of hydrogen-bond acceptors (Lipinski definition) is 2. The van der Waals surface area contributed by atoms with Crippen molar-refractivity contribution in [1.29, 1.82) is 0 Å². The van der Waals surface area contributed by atoms with Gasteiger partial charge in [0, 0.05) is 13.1 Å². The topological polar surface area (TPSA) is 21.3 Å². The molecule has 1 saturated heterocycles. The van der Waals surface area contributed by atoms with Crippen molar-refractivity contribution in [3.05, 3.63) is 0 Å². The molecule has 1 N–H and O–H groups in total. The normalized spacial score (nSPS) is 35.6.